The number of hydrogen-bond acceptors (Lipinski definition) is 2. The summed E-state index contributed by atoms with van der Waals surface area (Å²) in [4.78, 5) is 0. The van der Waals surface area contributed by atoms with Gasteiger partial charge >= 0.3 is 0 Å². The summed E-state index contributed by atoms with van der Waals surface area (Å²) in [5.41, 5.74) is 6.39. The first-order valence-corrected chi connectivity index (χ1v) is 13.4. The van der Waals surface area contributed by atoms with Crippen molar-refractivity contribution in [3.8, 4) is 16.8 Å². The van der Waals surface area contributed by atoms with Crippen molar-refractivity contribution in [2.45, 2.75) is 0 Å². The Morgan fingerprint density at radius 1 is 0.457 bits per heavy atom. The second-order valence-electron chi connectivity index (χ2n) is 8.92. The second kappa shape index (κ2) is 7.29. The average molecular weight is 482 g/mol. The van der Waals surface area contributed by atoms with Crippen molar-refractivity contribution in [2.24, 2.45) is 0 Å². The number of hydrogen-bond donors (Lipinski definition) is 0. The van der Waals surface area contributed by atoms with Gasteiger partial charge in [0, 0.05) is 41.3 Å². The zero-order valence-electron chi connectivity index (χ0n) is 18.7. The molecule has 35 heavy (non-hydrogen) atoms. The average Bonchev–Trinajstić information content (AvgIpc) is 3.57. The summed E-state index contributed by atoms with van der Waals surface area (Å²) in [6.45, 7) is 0. The van der Waals surface area contributed by atoms with Crippen LogP contribution in [0.25, 0.3) is 68.2 Å². The van der Waals surface area contributed by atoms with Crippen molar-refractivity contribution in [1.29, 1.82) is 0 Å². The minimum absolute atomic E-state index is 1.20. The van der Waals surface area contributed by atoms with E-state index in [1.54, 1.807) is 0 Å². The smallest absolute Gasteiger partial charge is 0.0734 e. The molecule has 0 N–H and O–H groups in total. The predicted octanol–water partition coefficient (Wildman–Crippen LogP) is 10.0. The molecule has 1 nitrogen and oxygen atoms in total. The summed E-state index contributed by atoms with van der Waals surface area (Å²) in [6.07, 6.45) is 0. The normalized spacial score (nSPS) is 12.0. The summed E-state index contributed by atoms with van der Waals surface area (Å²) in [6, 6.07) is 41.9. The van der Waals surface area contributed by atoms with Crippen LogP contribution >= 0.6 is 22.7 Å². The van der Waals surface area contributed by atoms with Gasteiger partial charge in [0.05, 0.1) is 15.7 Å². The molecule has 8 rings (SSSR count). The number of thiophene rings is 2. The Balaban J connectivity index is 1.58. The monoisotopic (exact) mass is 481 g/mol. The molecule has 0 fully saturated rings. The molecule has 0 aliphatic heterocycles. The number of benzene rings is 5. The Hall–Kier alpha value is -3.92. The van der Waals surface area contributed by atoms with Crippen molar-refractivity contribution in [2.75, 3.05) is 0 Å². The first kappa shape index (κ1) is 19.4. The maximum atomic E-state index is 2.46. The molecule has 0 radical (unpaired) electrons. The van der Waals surface area contributed by atoms with Crippen LogP contribution in [0.5, 0.6) is 0 Å². The van der Waals surface area contributed by atoms with E-state index in [1.807, 2.05) is 22.7 Å². The van der Waals surface area contributed by atoms with Gasteiger partial charge in [0.25, 0.3) is 0 Å². The predicted molar refractivity (Wildman–Crippen MR) is 154 cm³/mol. The molecular weight excluding hydrogens is 462 g/mol. The molecule has 0 amide bonds. The summed E-state index contributed by atoms with van der Waals surface area (Å²) >= 11 is 3.79. The second-order valence-corrected chi connectivity index (χ2v) is 11.1. The third kappa shape index (κ3) is 2.68. The van der Waals surface area contributed by atoms with E-state index < -0.39 is 0 Å². The van der Waals surface area contributed by atoms with Gasteiger partial charge in [-0.2, -0.15) is 0 Å². The minimum Gasteiger partial charge on any atom is -0.308 e. The molecular formula is C32H19NS2. The fraction of sp³-hybridized carbons (Fsp3) is 0. The Bertz CT molecular complexity index is 2050. The van der Waals surface area contributed by atoms with Crippen molar-refractivity contribution < 1.29 is 0 Å². The molecule has 0 saturated carbocycles. The van der Waals surface area contributed by atoms with E-state index in [2.05, 4.69) is 120 Å². The van der Waals surface area contributed by atoms with Crippen LogP contribution < -0.4 is 0 Å². The van der Waals surface area contributed by atoms with Gasteiger partial charge in [0.2, 0.25) is 0 Å². The van der Waals surface area contributed by atoms with Crippen molar-refractivity contribution >= 4 is 74.1 Å². The lowest BCUT2D eigenvalue weighted by Crippen LogP contribution is -1.93. The number of rotatable bonds is 2. The van der Waals surface area contributed by atoms with Gasteiger partial charge in [0.1, 0.15) is 0 Å². The van der Waals surface area contributed by atoms with Crippen molar-refractivity contribution in [1.82, 2.24) is 4.57 Å². The molecule has 8 aromatic rings. The molecule has 3 heterocycles. The first-order valence-electron chi connectivity index (χ1n) is 11.8. The lowest BCUT2D eigenvalue weighted by molar-refractivity contribution is 1.19. The quantitative estimate of drug-likeness (QED) is 0.231. The molecule has 164 valence electrons. The van der Waals surface area contributed by atoms with Crippen molar-refractivity contribution in [3.05, 3.63) is 115 Å². The Labute approximate surface area is 210 Å². The highest BCUT2D eigenvalue weighted by atomic mass is 32.1. The third-order valence-corrected chi connectivity index (χ3v) is 9.32. The number of aromatic nitrogens is 1. The molecule has 0 aliphatic carbocycles. The van der Waals surface area contributed by atoms with E-state index >= 15 is 0 Å². The van der Waals surface area contributed by atoms with E-state index in [0.717, 1.165) is 0 Å². The highest BCUT2D eigenvalue weighted by molar-refractivity contribution is 7.27. The van der Waals surface area contributed by atoms with E-state index in [-0.39, 0.29) is 0 Å². The molecule has 5 aromatic carbocycles. The zero-order chi connectivity index (χ0) is 22.9. The topological polar surface area (TPSA) is 4.93 Å². The Morgan fingerprint density at radius 3 is 1.91 bits per heavy atom. The van der Waals surface area contributed by atoms with E-state index in [9.17, 15) is 0 Å². The van der Waals surface area contributed by atoms with E-state index in [0.29, 0.717) is 0 Å². The molecule has 0 unspecified atom stereocenters. The summed E-state index contributed by atoms with van der Waals surface area (Å²) in [5.74, 6) is 0. The lowest BCUT2D eigenvalue weighted by Gasteiger charge is -2.11. The van der Waals surface area contributed by atoms with Crippen LogP contribution in [-0.2, 0) is 0 Å². The van der Waals surface area contributed by atoms with E-state index in [4.69, 9.17) is 0 Å². The minimum atomic E-state index is 1.20. The van der Waals surface area contributed by atoms with Crippen LogP contribution in [0.15, 0.2) is 115 Å². The van der Waals surface area contributed by atoms with E-state index in [1.165, 1.54) is 68.2 Å². The third-order valence-electron chi connectivity index (χ3n) is 7.01. The van der Waals surface area contributed by atoms with Crippen LogP contribution in [0, 0.1) is 0 Å². The molecule has 0 aliphatic rings. The number of nitrogens with zero attached hydrogens (tertiary/aromatic N) is 1. The molecule has 0 atom stereocenters. The molecule has 0 saturated heterocycles. The molecule has 0 spiro atoms. The van der Waals surface area contributed by atoms with Gasteiger partial charge < -0.3 is 4.57 Å². The van der Waals surface area contributed by atoms with Gasteiger partial charge in [0.15, 0.2) is 0 Å². The summed E-state index contributed by atoms with van der Waals surface area (Å²) in [7, 11) is 0. The lowest BCUT2D eigenvalue weighted by atomic mass is 9.96. The Kier molecular flexibility index (Phi) is 4.04. The van der Waals surface area contributed by atoms with Crippen LogP contribution in [-0.4, -0.2) is 4.57 Å². The van der Waals surface area contributed by atoms with Gasteiger partial charge in [-0.15, -0.1) is 22.7 Å². The highest BCUT2D eigenvalue weighted by Gasteiger charge is 2.21. The van der Waals surface area contributed by atoms with Gasteiger partial charge in [-0.25, -0.2) is 0 Å². The maximum Gasteiger partial charge on any atom is 0.0734 e. The largest absolute Gasteiger partial charge is 0.308 e. The summed E-state index contributed by atoms with van der Waals surface area (Å²) in [5, 5.41) is 5.37. The zero-order valence-corrected chi connectivity index (χ0v) is 20.4. The fourth-order valence-electron chi connectivity index (χ4n) is 5.58. The SMILES string of the molecule is c1ccc(-n2c3ccccc3c3sc4cccc(-c5cccc6sc7ccccc7c56)c4c32)cc1. The maximum absolute atomic E-state index is 2.46. The number of para-hydroxylation sites is 2. The van der Waals surface area contributed by atoms with Crippen LogP contribution in [0.2, 0.25) is 0 Å². The molecule has 3 aromatic heterocycles. The van der Waals surface area contributed by atoms with Crippen molar-refractivity contribution in [3.63, 3.8) is 0 Å². The van der Waals surface area contributed by atoms with Crippen LogP contribution in [0.4, 0.5) is 0 Å². The molecule has 0 bridgehead atoms. The first-order chi connectivity index (χ1) is 17.4. The standard InChI is InChI=1S/C32H19NS2/c1-2-10-20(11-3-1)33-25-16-6-4-12-23(25)32-31(33)30-22(15-9-19-28(30)35-32)21-14-8-18-27-29(21)24-13-5-7-17-26(24)34-27/h1-19H. The molecule has 3 heteroatoms. The van der Waals surface area contributed by atoms with Gasteiger partial charge in [-0.1, -0.05) is 78.9 Å². The van der Waals surface area contributed by atoms with Gasteiger partial charge in [-0.3, -0.25) is 0 Å². The van der Waals surface area contributed by atoms with Crippen LogP contribution in [0.3, 0.4) is 0 Å². The summed E-state index contributed by atoms with van der Waals surface area (Å²) < 4.78 is 7.83. The fourth-order valence-corrected chi connectivity index (χ4v) is 7.96. The number of fused-ring (bicyclic) bond motifs is 8. The van der Waals surface area contributed by atoms with Crippen LogP contribution in [0.1, 0.15) is 0 Å². The Morgan fingerprint density at radius 2 is 1.09 bits per heavy atom. The van der Waals surface area contributed by atoms with Gasteiger partial charge in [-0.05, 0) is 47.5 Å². The highest BCUT2D eigenvalue weighted by Crippen LogP contribution is 2.48.